The summed E-state index contributed by atoms with van der Waals surface area (Å²) in [5.41, 5.74) is -0.383. The largest absolute Gasteiger partial charge is 0.444 e. The summed E-state index contributed by atoms with van der Waals surface area (Å²) in [6, 6.07) is 0. The maximum atomic E-state index is 10.5. The molecule has 3 nitrogen and oxygen atoms in total. The molecule has 1 aliphatic rings. The Labute approximate surface area is 60.7 Å². The van der Waals surface area contributed by atoms with Crippen molar-refractivity contribution in [3.63, 3.8) is 0 Å². The van der Waals surface area contributed by atoms with Crippen LogP contribution < -0.4 is 5.32 Å². The van der Waals surface area contributed by atoms with Crippen molar-refractivity contribution in [1.82, 2.24) is 5.32 Å². The normalized spacial score (nSPS) is 32.2. The third-order valence-electron chi connectivity index (χ3n) is 1.70. The van der Waals surface area contributed by atoms with E-state index in [-0.39, 0.29) is 11.7 Å². The maximum absolute atomic E-state index is 10.5. The van der Waals surface area contributed by atoms with Crippen LogP contribution in [0.15, 0.2) is 0 Å². The highest BCUT2D eigenvalue weighted by Gasteiger charge is 2.30. The maximum Gasteiger partial charge on any atom is 0.304 e. The Hall–Kier alpha value is -0.570. The SMILES string of the molecule is CC(=O)O[C@]1(C)CCCN1. The van der Waals surface area contributed by atoms with E-state index in [1.54, 1.807) is 0 Å². The first kappa shape index (κ1) is 7.54. The van der Waals surface area contributed by atoms with E-state index in [9.17, 15) is 4.79 Å². The van der Waals surface area contributed by atoms with Crippen molar-refractivity contribution in [3.05, 3.63) is 0 Å². The Bertz CT molecular complexity index is 139. The van der Waals surface area contributed by atoms with Crippen molar-refractivity contribution in [2.45, 2.75) is 32.4 Å². The number of hydrogen-bond donors (Lipinski definition) is 1. The first-order valence-electron chi connectivity index (χ1n) is 3.57. The van der Waals surface area contributed by atoms with Crippen molar-refractivity contribution < 1.29 is 9.53 Å². The summed E-state index contributed by atoms with van der Waals surface area (Å²) >= 11 is 0. The molecule has 1 atom stereocenters. The van der Waals surface area contributed by atoms with Gasteiger partial charge in [0.25, 0.3) is 0 Å². The van der Waals surface area contributed by atoms with E-state index >= 15 is 0 Å². The summed E-state index contributed by atoms with van der Waals surface area (Å²) in [6.45, 7) is 4.29. The Balaban J connectivity index is 2.43. The molecular weight excluding hydrogens is 130 g/mol. The highest BCUT2D eigenvalue weighted by Crippen LogP contribution is 2.19. The topological polar surface area (TPSA) is 38.3 Å². The number of hydrogen-bond acceptors (Lipinski definition) is 3. The molecule has 58 valence electrons. The molecule has 1 fully saturated rings. The predicted octanol–water partition coefficient (Wildman–Crippen LogP) is 0.649. The minimum Gasteiger partial charge on any atom is -0.444 e. The minimum atomic E-state index is -0.383. The first-order chi connectivity index (χ1) is 4.62. The van der Waals surface area contributed by atoms with Crippen molar-refractivity contribution in [1.29, 1.82) is 0 Å². The van der Waals surface area contributed by atoms with Crippen molar-refractivity contribution in [2.24, 2.45) is 0 Å². The summed E-state index contributed by atoms with van der Waals surface area (Å²) < 4.78 is 5.05. The Morgan fingerprint density at radius 3 is 2.80 bits per heavy atom. The van der Waals surface area contributed by atoms with E-state index in [0.717, 1.165) is 19.4 Å². The molecule has 0 saturated carbocycles. The second kappa shape index (κ2) is 2.58. The molecule has 0 aliphatic carbocycles. The van der Waals surface area contributed by atoms with E-state index < -0.39 is 0 Å². The van der Waals surface area contributed by atoms with Gasteiger partial charge in [0.2, 0.25) is 0 Å². The highest BCUT2D eigenvalue weighted by molar-refractivity contribution is 5.66. The van der Waals surface area contributed by atoms with Gasteiger partial charge in [0.1, 0.15) is 0 Å². The fraction of sp³-hybridized carbons (Fsp3) is 0.857. The molecule has 1 rings (SSSR count). The van der Waals surface area contributed by atoms with Gasteiger partial charge >= 0.3 is 5.97 Å². The van der Waals surface area contributed by atoms with E-state index in [1.807, 2.05) is 6.92 Å². The van der Waals surface area contributed by atoms with Gasteiger partial charge in [-0.3, -0.25) is 10.1 Å². The lowest BCUT2D eigenvalue weighted by Crippen LogP contribution is -2.40. The molecule has 0 amide bonds. The molecular formula is C7H13NO2. The zero-order valence-corrected chi connectivity index (χ0v) is 6.44. The van der Waals surface area contributed by atoms with Crippen LogP contribution in [0.4, 0.5) is 0 Å². The number of esters is 1. The second-order valence-electron chi connectivity index (χ2n) is 2.85. The summed E-state index contributed by atoms with van der Waals surface area (Å²) in [4.78, 5) is 10.5. The van der Waals surface area contributed by atoms with Gasteiger partial charge < -0.3 is 4.74 Å². The monoisotopic (exact) mass is 143 g/mol. The van der Waals surface area contributed by atoms with Gasteiger partial charge in [-0.25, -0.2) is 0 Å². The fourth-order valence-corrected chi connectivity index (χ4v) is 1.27. The fourth-order valence-electron chi connectivity index (χ4n) is 1.27. The third-order valence-corrected chi connectivity index (χ3v) is 1.70. The standard InChI is InChI=1S/C7H13NO2/c1-6(9)10-7(2)4-3-5-8-7/h8H,3-5H2,1-2H3/t7-/m1/s1. The number of ether oxygens (including phenoxy) is 1. The van der Waals surface area contributed by atoms with Crippen LogP contribution in [-0.2, 0) is 9.53 Å². The molecule has 0 unspecified atom stereocenters. The first-order valence-corrected chi connectivity index (χ1v) is 3.57. The molecule has 0 aromatic rings. The lowest BCUT2D eigenvalue weighted by atomic mass is 10.2. The molecule has 10 heavy (non-hydrogen) atoms. The van der Waals surface area contributed by atoms with Gasteiger partial charge in [0.15, 0.2) is 5.72 Å². The van der Waals surface area contributed by atoms with Crippen LogP contribution in [0, 0.1) is 0 Å². The quantitative estimate of drug-likeness (QED) is 0.548. The van der Waals surface area contributed by atoms with Crippen molar-refractivity contribution in [3.8, 4) is 0 Å². The van der Waals surface area contributed by atoms with Gasteiger partial charge in [-0.15, -0.1) is 0 Å². The highest BCUT2D eigenvalue weighted by atomic mass is 16.6. The zero-order valence-electron chi connectivity index (χ0n) is 6.44. The molecule has 1 aliphatic heterocycles. The summed E-state index contributed by atoms with van der Waals surface area (Å²) in [6.07, 6.45) is 2.01. The summed E-state index contributed by atoms with van der Waals surface area (Å²) in [5, 5.41) is 3.12. The van der Waals surface area contributed by atoms with Crippen LogP contribution in [0.2, 0.25) is 0 Å². The number of carbonyl (C=O) groups is 1. The van der Waals surface area contributed by atoms with E-state index in [1.165, 1.54) is 6.92 Å². The third kappa shape index (κ3) is 1.70. The Morgan fingerprint density at radius 2 is 2.40 bits per heavy atom. The molecule has 0 radical (unpaired) electrons. The van der Waals surface area contributed by atoms with Gasteiger partial charge in [0, 0.05) is 13.3 Å². The van der Waals surface area contributed by atoms with E-state index in [2.05, 4.69) is 5.32 Å². The van der Waals surface area contributed by atoms with Gasteiger partial charge in [-0.2, -0.15) is 0 Å². The van der Waals surface area contributed by atoms with Crippen LogP contribution in [0.5, 0.6) is 0 Å². The van der Waals surface area contributed by atoms with Gasteiger partial charge in [0.05, 0.1) is 0 Å². The van der Waals surface area contributed by atoms with E-state index in [0.29, 0.717) is 0 Å². The van der Waals surface area contributed by atoms with Crippen LogP contribution in [0.1, 0.15) is 26.7 Å². The number of nitrogens with one attached hydrogen (secondary N) is 1. The molecule has 3 heteroatoms. The molecule has 0 aromatic heterocycles. The average Bonchev–Trinajstić information content (AvgIpc) is 2.12. The smallest absolute Gasteiger partial charge is 0.304 e. The second-order valence-corrected chi connectivity index (χ2v) is 2.85. The Morgan fingerprint density at radius 1 is 1.70 bits per heavy atom. The van der Waals surface area contributed by atoms with Crippen LogP contribution in [0.3, 0.4) is 0 Å². The summed E-state index contributed by atoms with van der Waals surface area (Å²) in [7, 11) is 0. The van der Waals surface area contributed by atoms with Crippen molar-refractivity contribution >= 4 is 5.97 Å². The molecule has 1 N–H and O–H groups in total. The van der Waals surface area contributed by atoms with Crippen LogP contribution in [-0.4, -0.2) is 18.2 Å². The van der Waals surface area contributed by atoms with Crippen LogP contribution >= 0.6 is 0 Å². The van der Waals surface area contributed by atoms with Crippen LogP contribution in [0.25, 0.3) is 0 Å². The van der Waals surface area contributed by atoms with Gasteiger partial charge in [-0.05, 0) is 19.9 Å². The molecule has 1 heterocycles. The average molecular weight is 143 g/mol. The lowest BCUT2D eigenvalue weighted by Gasteiger charge is -2.23. The predicted molar refractivity (Wildman–Crippen MR) is 37.4 cm³/mol. The number of rotatable bonds is 1. The molecule has 0 aromatic carbocycles. The summed E-state index contributed by atoms with van der Waals surface area (Å²) in [5.74, 6) is -0.211. The zero-order chi connectivity index (χ0) is 7.61. The Kier molecular flexibility index (Phi) is 1.94. The molecule has 0 spiro atoms. The van der Waals surface area contributed by atoms with Gasteiger partial charge in [-0.1, -0.05) is 0 Å². The van der Waals surface area contributed by atoms with E-state index in [4.69, 9.17) is 4.74 Å². The number of carbonyl (C=O) groups excluding carboxylic acids is 1. The molecule has 0 bridgehead atoms. The minimum absolute atomic E-state index is 0.211. The lowest BCUT2D eigenvalue weighted by molar-refractivity contribution is -0.156. The van der Waals surface area contributed by atoms with Crippen molar-refractivity contribution in [2.75, 3.05) is 6.54 Å². The molecule has 1 saturated heterocycles.